The maximum atomic E-state index is 6.24. The Labute approximate surface area is 126 Å². The average Bonchev–Trinajstić information content (AvgIpc) is 2.92. The highest BCUT2D eigenvalue weighted by atomic mass is 15.3. The molecule has 0 aromatic carbocycles. The molecule has 0 aliphatic heterocycles. The quantitative estimate of drug-likeness (QED) is 0.939. The molecule has 0 spiro atoms. The number of aryl methyl sites for hydroxylation is 4. The van der Waals surface area contributed by atoms with Crippen LogP contribution in [0.15, 0.2) is 12.1 Å². The van der Waals surface area contributed by atoms with Gasteiger partial charge < -0.3 is 10.3 Å². The van der Waals surface area contributed by atoms with Gasteiger partial charge in [0, 0.05) is 36.2 Å². The Bertz CT molecular complexity index is 636. The second kappa shape index (κ2) is 5.68. The molecule has 2 aromatic rings. The van der Waals surface area contributed by atoms with Gasteiger partial charge in [-0.1, -0.05) is 0 Å². The summed E-state index contributed by atoms with van der Waals surface area (Å²) in [6, 6.07) is 4.68. The van der Waals surface area contributed by atoms with Crippen LogP contribution in [0.2, 0.25) is 0 Å². The molecule has 0 amide bonds. The van der Waals surface area contributed by atoms with E-state index in [4.69, 9.17) is 5.73 Å². The summed E-state index contributed by atoms with van der Waals surface area (Å²) >= 11 is 0. The molecule has 1 atom stereocenters. The van der Waals surface area contributed by atoms with Crippen LogP contribution >= 0.6 is 0 Å². The summed E-state index contributed by atoms with van der Waals surface area (Å²) in [4.78, 5) is 0. The molecule has 2 N–H and O–H groups in total. The molecule has 0 bridgehead atoms. The first-order valence-corrected chi connectivity index (χ1v) is 8.02. The van der Waals surface area contributed by atoms with E-state index in [9.17, 15) is 0 Å². The molecule has 2 heterocycles. The Morgan fingerprint density at radius 1 is 1.19 bits per heavy atom. The summed E-state index contributed by atoms with van der Waals surface area (Å²) in [5.41, 5.74) is 12.8. The zero-order valence-electron chi connectivity index (χ0n) is 13.4. The van der Waals surface area contributed by atoms with Crippen molar-refractivity contribution in [1.29, 1.82) is 0 Å². The largest absolute Gasteiger partial charge is 0.348 e. The van der Waals surface area contributed by atoms with Crippen LogP contribution in [0.3, 0.4) is 0 Å². The van der Waals surface area contributed by atoms with Gasteiger partial charge in [0.2, 0.25) is 0 Å². The molecule has 114 valence electrons. The molecule has 2 aromatic heterocycles. The van der Waals surface area contributed by atoms with Crippen LogP contribution in [0.1, 0.15) is 53.6 Å². The van der Waals surface area contributed by atoms with Crippen LogP contribution in [0.5, 0.6) is 0 Å². The topological polar surface area (TPSA) is 48.8 Å². The van der Waals surface area contributed by atoms with Gasteiger partial charge in [0.25, 0.3) is 0 Å². The average molecular weight is 286 g/mol. The normalized spacial score (nSPS) is 18.0. The fourth-order valence-electron chi connectivity index (χ4n) is 3.59. The van der Waals surface area contributed by atoms with Gasteiger partial charge in [-0.3, -0.25) is 4.68 Å². The van der Waals surface area contributed by atoms with Gasteiger partial charge >= 0.3 is 0 Å². The standard InChI is InChI=1S/C17H26N4/c1-12-10-14(3)21(19-12)9-5-8-20-13(2)11-15-16(18)6-4-7-17(15)20/h10-11,16H,4-9,18H2,1-3H3. The summed E-state index contributed by atoms with van der Waals surface area (Å²) in [6.07, 6.45) is 4.63. The number of rotatable bonds is 4. The fraction of sp³-hybridized carbons (Fsp3) is 0.588. The van der Waals surface area contributed by atoms with Gasteiger partial charge in [0.15, 0.2) is 0 Å². The van der Waals surface area contributed by atoms with Gasteiger partial charge in [0.1, 0.15) is 0 Å². The SMILES string of the molecule is Cc1cc(C)n(CCCn2c(C)cc3c2CCCC3N)n1. The number of hydrogen-bond donors (Lipinski definition) is 1. The monoisotopic (exact) mass is 286 g/mol. The van der Waals surface area contributed by atoms with Crippen molar-refractivity contribution in [2.24, 2.45) is 5.73 Å². The molecule has 21 heavy (non-hydrogen) atoms. The third-order valence-electron chi connectivity index (χ3n) is 4.63. The Morgan fingerprint density at radius 2 is 2.00 bits per heavy atom. The molecule has 0 saturated carbocycles. The molecule has 1 aliphatic rings. The van der Waals surface area contributed by atoms with Crippen molar-refractivity contribution in [3.05, 3.63) is 40.5 Å². The summed E-state index contributed by atoms with van der Waals surface area (Å²) < 4.78 is 4.59. The second-order valence-corrected chi connectivity index (χ2v) is 6.34. The van der Waals surface area contributed by atoms with Gasteiger partial charge in [-0.2, -0.15) is 5.10 Å². The second-order valence-electron chi connectivity index (χ2n) is 6.34. The number of fused-ring (bicyclic) bond motifs is 1. The molecule has 4 nitrogen and oxygen atoms in total. The van der Waals surface area contributed by atoms with E-state index < -0.39 is 0 Å². The molecule has 0 saturated heterocycles. The lowest BCUT2D eigenvalue weighted by molar-refractivity contribution is 0.489. The summed E-state index contributed by atoms with van der Waals surface area (Å²) in [5, 5.41) is 4.54. The van der Waals surface area contributed by atoms with Gasteiger partial charge in [-0.05, 0) is 64.2 Å². The Hall–Kier alpha value is -1.55. The van der Waals surface area contributed by atoms with Crippen molar-refractivity contribution in [2.75, 3.05) is 0 Å². The van der Waals surface area contributed by atoms with E-state index in [1.54, 1.807) is 0 Å². The van der Waals surface area contributed by atoms with Gasteiger partial charge in [-0.15, -0.1) is 0 Å². The first-order valence-electron chi connectivity index (χ1n) is 8.02. The van der Waals surface area contributed by atoms with Crippen molar-refractivity contribution in [1.82, 2.24) is 14.3 Å². The molecule has 3 rings (SSSR count). The van der Waals surface area contributed by atoms with Crippen LogP contribution in [-0.2, 0) is 19.5 Å². The van der Waals surface area contributed by atoms with E-state index in [-0.39, 0.29) is 6.04 Å². The highest BCUT2D eigenvalue weighted by Gasteiger charge is 2.21. The van der Waals surface area contributed by atoms with E-state index in [0.717, 1.165) is 31.6 Å². The van der Waals surface area contributed by atoms with Crippen molar-refractivity contribution in [3.63, 3.8) is 0 Å². The number of nitrogens with zero attached hydrogens (tertiary/aromatic N) is 3. The van der Waals surface area contributed by atoms with E-state index in [0.29, 0.717) is 0 Å². The number of aromatic nitrogens is 3. The Morgan fingerprint density at radius 3 is 2.71 bits per heavy atom. The van der Waals surface area contributed by atoms with Crippen LogP contribution in [0, 0.1) is 20.8 Å². The van der Waals surface area contributed by atoms with Gasteiger partial charge in [-0.25, -0.2) is 0 Å². The first-order chi connectivity index (χ1) is 10.1. The Balaban J connectivity index is 1.70. The third kappa shape index (κ3) is 2.77. The molecular formula is C17H26N4. The summed E-state index contributed by atoms with van der Waals surface area (Å²) in [6.45, 7) is 8.43. The minimum atomic E-state index is 0.240. The molecule has 0 radical (unpaired) electrons. The van der Waals surface area contributed by atoms with E-state index >= 15 is 0 Å². The van der Waals surface area contributed by atoms with E-state index in [1.807, 2.05) is 0 Å². The van der Waals surface area contributed by atoms with Crippen LogP contribution < -0.4 is 5.73 Å². The highest BCUT2D eigenvalue weighted by Crippen LogP contribution is 2.30. The maximum Gasteiger partial charge on any atom is 0.0596 e. The molecule has 1 unspecified atom stereocenters. The molecule has 0 fully saturated rings. The predicted molar refractivity (Wildman–Crippen MR) is 85.4 cm³/mol. The van der Waals surface area contributed by atoms with Crippen molar-refractivity contribution >= 4 is 0 Å². The molecular weight excluding hydrogens is 260 g/mol. The van der Waals surface area contributed by atoms with Crippen molar-refractivity contribution in [3.8, 4) is 0 Å². The smallest absolute Gasteiger partial charge is 0.0596 e. The van der Waals surface area contributed by atoms with Crippen LogP contribution in [0.4, 0.5) is 0 Å². The van der Waals surface area contributed by atoms with Gasteiger partial charge in [0.05, 0.1) is 5.69 Å². The van der Waals surface area contributed by atoms with Crippen molar-refractivity contribution < 1.29 is 0 Å². The summed E-state index contributed by atoms with van der Waals surface area (Å²) in [5.74, 6) is 0. The lowest BCUT2D eigenvalue weighted by atomic mass is 9.93. The minimum absolute atomic E-state index is 0.240. The highest BCUT2D eigenvalue weighted by molar-refractivity contribution is 5.32. The van der Waals surface area contributed by atoms with Crippen LogP contribution in [0.25, 0.3) is 0 Å². The summed E-state index contributed by atoms with van der Waals surface area (Å²) in [7, 11) is 0. The maximum absolute atomic E-state index is 6.24. The molecule has 1 aliphatic carbocycles. The minimum Gasteiger partial charge on any atom is -0.348 e. The number of nitrogens with two attached hydrogens (primary N) is 1. The zero-order chi connectivity index (χ0) is 15.0. The predicted octanol–water partition coefficient (Wildman–Crippen LogP) is 3.04. The Kier molecular flexibility index (Phi) is 3.89. The van der Waals surface area contributed by atoms with Crippen LogP contribution in [-0.4, -0.2) is 14.3 Å². The lowest BCUT2D eigenvalue weighted by Gasteiger charge is -2.21. The van der Waals surface area contributed by atoms with E-state index in [2.05, 4.69) is 47.3 Å². The first kappa shape index (κ1) is 14.4. The fourth-order valence-corrected chi connectivity index (χ4v) is 3.59. The third-order valence-corrected chi connectivity index (χ3v) is 4.63. The van der Waals surface area contributed by atoms with E-state index in [1.165, 1.54) is 35.5 Å². The lowest BCUT2D eigenvalue weighted by Crippen LogP contribution is -2.18. The van der Waals surface area contributed by atoms with Crippen molar-refractivity contribution in [2.45, 2.75) is 65.6 Å². The molecule has 4 heteroatoms. The number of hydrogen-bond acceptors (Lipinski definition) is 2. The zero-order valence-corrected chi connectivity index (χ0v) is 13.4.